The Morgan fingerprint density at radius 2 is 1.68 bits per heavy atom. The molecule has 0 aromatic heterocycles. The predicted molar refractivity (Wildman–Crippen MR) is 120 cm³/mol. The molecule has 0 bridgehead atoms. The molecule has 1 aliphatic rings. The molecule has 4 rings (SSSR count). The van der Waals surface area contributed by atoms with Crippen LogP contribution in [0.2, 0.25) is 0 Å². The first-order valence-electron chi connectivity index (χ1n) is 10.0. The Labute approximate surface area is 182 Å². The number of hydrogen-bond donors (Lipinski definition) is 1. The zero-order valence-corrected chi connectivity index (χ0v) is 18.2. The Bertz CT molecular complexity index is 1190. The molecule has 31 heavy (non-hydrogen) atoms. The third-order valence-electron chi connectivity index (χ3n) is 5.20. The lowest BCUT2D eigenvalue weighted by Gasteiger charge is -2.35. The number of sulfonamides is 1. The molecular weight excluding hydrogens is 412 g/mol. The number of carbonyl (C=O) groups excluding carboxylic acids is 1. The van der Waals surface area contributed by atoms with Gasteiger partial charge in [-0.2, -0.15) is 0 Å². The fraction of sp³-hybridized carbons (Fsp3) is 0.208. The summed E-state index contributed by atoms with van der Waals surface area (Å²) in [5, 5.41) is 2.85. The van der Waals surface area contributed by atoms with Crippen molar-refractivity contribution in [3.8, 4) is 5.75 Å². The van der Waals surface area contributed by atoms with Gasteiger partial charge in [0.15, 0.2) is 6.10 Å². The summed E-state index contributed by atoms with van der Waals surface area (Å²) in [5.74, 6) is 0.0157. The maximum atomic E-state index is 13.4. The topological polar surface area (TPSA) is 75.7 Å². The molecule has 7 heteroatoms. The third-order valence-corrected chi connectivity index (χ3v) is 6.99. The first-order chi connectivity index (χ1) is 14.8. The van der Waals surface area contributed by atoms with Gasteiger partial charge in [0.05, 0.1) is 17.1 Å². The van der Waals surface area contributed by atoms with Crippen molar-refractivity contribution in [2.45, 2.75) is 31.4 Å². The number of benzene rings is 3. The van der Waals surface area contributed by atoms with Crippen molar-refractivity contribution in [1.29, 1.82) is 0 Å². The van der Waals surface area contributed by atoms with E-state index in [1.165, 1.54) is 4.31 Å². The Morgan fingerprint density at radius 3 is 2.39 bits per heavy atom. The van der Waals surface area contributed by atoms with Gasteiger partial charge in [-0.1, -0.05) is 54.1 Å². The van der Waals surface area contributed by atoms with E-state index in [1.807, 2.05) is 50.2 Å². The van der Waals surface area contributed by atoms with Crippen molar-refractivity contribution in [1.82, 2.24) is 5.32 Å². The molecule has 0 saturated carbocycles. The normalized spacial score (nSPS) is 15.7. The SMILES string of the molecule is Cc1ccc(S(=O)(=O)N2C[C@@H](C(=O)NCc3ccccc3)Oc3cc(C)ccc32)cc1. The first kappa shape index (κ1) is 20.9. The molecule has 6 nitrogen and oxygen atoms in total. The van der Waals surface area contributed by atoms with Crippen molar-refractivity contribution in [3.63, 3.8) is 0 Å². The lowest BCUT2D eigenvalue weighted by molar-refractivity contribution is -0.127. The molecule has 1 amide bonds. The molecule has 1 N–H and O–H groups in total. The van der Waals surface area contributed by atoms with Gasteiger partial charge in [-0.25, -0.2) is 8.42 Å². The highest BCUT2D eigenvalue weighted by Crippen LogP contribution is 2.37. The van der Waals surface area contributed by atoms with Crippen molar-refractivity contribution >= 4 is 21.6 Å². The van der Waals surface area contributed by atoms with Gasteiger partial charge in [-0.15, -0.1) is 0 Å². The Kier molecular flexibility index (Phi) is 5.69. The van der Waals surface area contributed by atoms with Gasteiger partial charge in [-0.3, -0.25) is 9.10 Å². The van der Waals surface area contributed by atoms with Gasteiger partial charge in [0.25, 0.3) is 15.9 Å². The molecule has 1 atom stereocenters. The minimum Gasteiger partial charge on any atom is -0.476 e. The fourth-order valence-electron chi connectivity index (χ4n) is 3.46. The first-order valence-corrected chi connectivity index (χ1v) is 11.5. The largest absolute Gasteiger partial charge is 0.476 e. The van der Waals surface area contributed by atoms with Crippen LogP contribution in [-0.2, 0) is 21.4 Å². The van der Waals surface area contributed by atoms with Gasteiger partial charge in [0.1, 0.15) is 5.75 Å². The number of nitrogens with one attached hydrogen (secondary N) is 1. The van der Waals surface area contributed by atoms with Gasteiger partial charge < -0.3 is 10.1 Å². The monoisotopic (exact) mass is 436 g/mol. The predicted octanol–water partition coefficient (Wildman–Crippen LogP) is 3.58. The second kappa shape index (κ2) is 8.43. The van der Waals surface area contributed by atoms with Gasteiger partial charge in [0.2, 0.25) is 0 Å². The molecule has 3 aromatic carbocycles. The molecule has 0 aliphatic carbocycles. The summed E-state index contributed by atoms with van der Waals surface area (Å²) in [7, 11) is -3.87. The van der Waals surface area contributed by atoms with E-state index in [2.05, 4.69) is 5.32 Å². The molecule has 1 heterocycles. The molecule has 0 unspecified atom stereocenters. The van der Waals surface area contributed by atoms with Crippen LogP contribution in [0.1, 0.15) is 16.7 Å². The van der Waals surface area contributed by atoms with Crippen LogP contribution < -0.4 is 14.4 Å². The highest BCUT2D eigenvalue weighted by atomic mass is 32.2. The molecule has 3 aromatic rings. The minimum absolute atomic E-state index is 0.104. The zero-order chi connectivity index (χ0) is 22.0. The Hall–Kier alpha value is -3.32. The molecule has 0 radical (unpaired) electrons. The summed E-state index contributed by atoms with van der Waals surface area (Å²) in [6.45, 7) is 4.02. The van der Waals surface area contributed by atoms with Crippen LogP contribution in [0.25, 0.3) is 0 Å². The second-order valence-electron chi connectivity index (χ2n) is 7.63. The highest BCUT2D eigenvalue weighted by molar-refractivity contribution is 7.92. The maximum absolute atomic E-state index is 13.4. The number of aryl methyl sites for hydroxylation is 2. The number of hydrogen-bond acceptors (Lipinski definition) is 4. The number of fused-ring (bicyclic) bond motifs is 1. The van der Waals surface area contributed by atoms with E-state index in [9.17, 15) is 13.2 Å². The van der Waals surface area contributed by atoms with Crippen LogP contribution in [0, 0.1) is 13.8 Å². The highest BCUT2D eigenvalue weighted by Gasteiger charge is 2.37. The summed E-state index contributed by atoms with van der Waals surface area (Å²) in [6.07, 6.45) is -0.960. The van der Waals surface area contributed by atoms with E-state index in [0.717, 1.165) is 16.7 Å². The second-order valence-corrected chi connectivity index (χ2v) is 9.49. The molecule has 1 aliphatic heterocycles. The van der Waals surface area contributed by atoms with E-state index in [0.29, 0.717) is 18.0 Å². The van der Waals surface area contributed by atoms with Crippen LogP contribution in [-0.4, -0.2) is 27.0 Å². The lowest BCUT2D eigenvalue weighted by Crippen LogP contribution is -2.50. The molecule has 160 valence electrons. The van der Waals surface area contributed by atoms with Gasteiger partial charge >= 0.3 is 0 Å². The number of anilines is 1. The number of carbonyl (C=O) groups is 1. The molecular formula is C24H24N2O4S. The molecule has 0 spiro atoms. The van der Waals surface area contributed by atoms with E-state index >= 15 is 0 Å². The molecule has 0 fully saturated rings. The van der Waals surface area contributed by atoms with Gasteiger partial charge in [-0.05, 0) is 49.2 Å². The number of amides is 1. The number of rotatable bonds is 5. The van der Waals surface area contributed by atoms with Crippen LogP contribution in [0.15, 0.2) is 77.7 Å². The van der Waals surface area contributed by atoms with E-state index < -0.39 is 16.1 Å². The van der Waals surface area contributed by atoms with E-state index in [-0.39, 0.29) is 17.3 Å². The average Bonchev–Trinajstić information content (AvgIpc) is 2.77. The van der Waals surface area contributed by atoms with Crippen LogP contribution >= 0.6 is 0 Å². The number of ether oxygens (including phenoxy) is 1. The van der Waals surface area contributed by atoms with Crippen molar-refractivity contribution < 1.29 is 17.9 Å². The van der Waals surface area contributed by atoms with Crippen molar-refractivity contribution in [2.75, 3.05) is 10.8 Å². The quantitative estimate of drug-likeness (QED) is 0.663. The summed E-state index contributed by atoms with van der Waals surface area (Å²) in [4.78, 5) is 13.0. The van der Waals surface area contributed by atoms with Gasteiger partial charge in [0, 0.05) is 6.54 Å². The minimum atomic E-state index is -3.87. The Morgan fingerprint density at radius 1 is 1.00 bits per heavy atom. The summed E-state index contributed by atoms with van der Waals surface area (Å²) in [6, 6.07) is 21.5. The number of nitrogens with zero attached hydrogens (tertiary/aromatic N) is 1. The third kappa shape index (κ3) is 4.41. The van der Waals surface area contributed by atoms with Crippen LogP contribution in [0.4, 0.5) is 5.69 Å². The molecule has 0 saturated heterocycles. The van der Waals surface area contributed by atoms with Crippen molar-refractivity contribution in [3.05, 3.63) is 89.5 Å². The average molecular weight is 437 g/mol. The lowest BCUT2D eigenvalue weighted by atomic mass is 10.1. The van der Waals surface area contributed by atoms with Crippen molar-refractivity contribution in [2.24, 2.45) is 0 Å². The smallest absolute Gasteiger partial charge is 0.264 e. The van der Waals surface area contributed by atoms with Crippen LogP contribution in [0.5, 0.6) is 5.75 Å². The summed E-state index contributed by atoms with van der Waals surface area (Å²) >= 11 is 0. The summed E-state index contributed by atoms with van der Waals surface area (Å²) < 4.78 is 34.1. The standard InChI is InChI=1S/C24H24N2O4S/c1-17-8-11-20(12-9-17)31(28,29)26-16-23(30-22-14-18(2)10-13-21(22)26)24(27)25-15-19-6-4-3-5-7-19/h3-14,23H,15-16H2,1-2H3,(H,25,27)/t23-/m0/s1. The summed E-state index contributed by atoms with van der Waals surface area (Å²) in [5.41, 5.74) is 3.26. The van der Waals surface area contributed by atoms with E-state index in [1.54, 1.807) is 36.4 Å². The fourth-order valence-corrected chi connectivity index (χ4v) is 4.94. The van der Waals surface area contributed by atoms with E-state index in [4.69, 9.17) is 4.74 Å². The zero-order valence-electron chi connectivity index (χ0n) is 17.4. The Balaban J connectivity index is 1.63. The maximum Gasteiger partial charge on any atom is 0.264 e. The van der Waals surface area contributed by atoms with Crippen LogP contribution in [0.3, 0.4) is 0 Å².